The van der Waals surface area contributed by atoms with E-state index in [2.05, 4.69) is 0 Å². The Labute approximate surface area is 89.1 Å². The number of hydrogen-bond donors (Lipinski definition) is 2. The topological polar surface area (TPSA) is 57.5 Å². The average molecular weight is 234 g/mol. The molecule has 1 rings (SSSR count). The SMILES string of the molecule is O=C(O)C[C@H](O)c1ccccc1C(F)(F)F. The van der Waals surface area contributed by atoms with Gasteiger partial charge in [-0.05, 0) is 11.6 Å². The van der Waals surface area contributed by atoms with Crippen LogP contribution in [0.1, 0.15) is 23.7 Å². The standard InChI is InChI=1S/C10H9F3O3/c11-10(12,13)7-4-2-1-3-6(7)8(14)5-9(15)16/h1-4,8,14H,5H2,(H,15,16)/t8-/m0/s1. The minimum Gasteiger partial charge on any atom is -0.481 e. The molecule has 0 unspecified atom stereocenters. The largest absolute Gasteiger partial charge is 0.481 e. The van der Waals surface area contributed by atoms with E-state index in [1.54, 1.807) is 0 Å². The molecule has 0 spiro atoms. The highest BCUT2D eigenvalue weighted by Crippen LogP contribution is 2.35. The Morgan fingerprint density at radius 3 is 2.38 bits per heavy atom. The summed E-state index contributed by atoms with van der Waals surface area (Å²) in [5.41, 5.74) is -1.43. The quantitative estimate of drug-likeness (QED) is 0.842. The van der Waals surface area contributed by atoms with Crippen molar-refractivity contribution < 1.29 is 28.2 Å². The smallest absolute Gasteiger partial charge is 0.416 e. The predicted molar refractivity (Wildman–Crippen MR) is 48.7 cm³/mol. The minimum atomic E-state index is -4.60. The van der Waals surface area contributed by atoms with Gasteiger partial charge in [-0.3, -0.25) is 4.79 Å². The zero-order chi connectivity index (χ0) is 12.3. The minimum absolute atomic E-state index is 0.419. The summed E-state index contributed by atoms with van der Waals surface area (Å²) in [6.45, 7) is 0. The molecule has 0 aliphatic heterocycles. The number of aliphatic hydroxyl groups is 1. The van der Waals surface area contributed by atoms with Crippen LogP contribution in [0, 0.1) is 0 Å². The molecule has 6 heteroatoms. The summed E-state index contributed by atoms with van der Waals surface area (Å²) < 4.78 is 37.5. The highest BCUT2D eigenvalue weighted by Gasteiger charge is 2.34. The van der Waals surface area contributed by atoms with E-state index in [4.69, 9.17) is 5.11 Å². The van der Waals surface area contributed by atoms with E-state index in [0.29, 0.717) is 0 Å². The first-order valence-electron chi connectivity index (χ1n) is 4.38. The number of aliphatic carboxylic acids is 1. The van der Waals surface area contributed by atoms with Crippen LogP contribution in [0.4, 0.5) is 13.2 Å². The zero-order valence-electron chi connectivity index (χ0n) is 8.03. The summed E-state index contributed by atoms with van der Waals surface area (Å²) in [6.07, 6.45) is -7.02. The van der Waals surface area contributed by atoms with Crippen molar-refractivity contribution >= 4 is 5.97 Å². The molecule has 1 aromatic rings. The molecule has 0 fully saturated rings. The van der Waals surface area contributed by atoms with Gasteiger partial charge >= 0.3 is 12.1 Å². The summed E-state index contributed by atoms with van der Waals surface area (Å²) in [5.74, 6) is -1.36. The third-order valence-electron chi connectivity index (χ3n) is 1.99. The number of halogens is 3. The molecule has 1 aromatic carbocycles. The van der Waals surface area contributed by atoms with Gasteiger partial charge in [0.1, 0.15) is 0 Å². The lowest BCUT2D eigenvalue weighted by Crippen LogP contribution is -2.14. The summed E-state index contributed by atoms with van der Waals surface area (Å²) in [6, 6.07) is 4.37. The van der Waals surface area contributed by atoms with Crippen LogP contribution >= 0.6 is 0 Å². The molecule has 0 aliphatic rings. The fourth-order valence-electron chi connectivity index (χ4n) is 1.32. The number of carbonyl (C=O) groups is 1. The van der Waals surface area contributed by atoms with Crippen LogP contribution < -0.4 is 0 Å². The van der Waals surface area contributed by atoms with Crippen LogP contribution in [0.2, 0.25) is 0 Å². The fraction of sp³-hybridized carbons (Fsp3) is 0.300. The maximum absolute atomic E-state index is 12.5. The van der Waals surface area contributed by atoms with Gasteiger partial charge < -0.3 is 10.2 Å². The van der Waals surface area contributed by atoms with E-state index in [9.17, 15) is 23.1 Å². The zero-order valence-corrected chi connectivity index (χ0v) is 8.03. The van der Waals surface area contributed by atoms with Crippen LogP contribution in [0.5, 0.6) is 0 Å². The van der Waals surface area contributed by atoms with Crippen molar-refractivity contribution in [3.63, 3.8) is 0 Å². The van der Waals surface area contributed by atoms with Gasteiger partial charge in [-0.1, -0.05) is 18.2 Å². The van der Waals surface area contributed by atoms with Crippen molar-refractivity contribution in [3.05, 3.63) is 35.4 Å². The molecule has 0 aliphatic carbocycles. The first-order valence-corrected chi connectivity index (χ1v) is 4.38. The van der Waals surface area contributed by atoms with Gasteiger partial charge in [0, 0.05) is 0 Å². The van der Waals surface area contributed by atoms with Crippen molar-refractivity contribution in [2.75, 3.05) is 0 Å². The second-order valence-electron chi connectivity index (χ2n) is 3.20. The van der Waals surface area contributed by atoms with Crippen molar-refractivity contribution in [2.24, 2.45) is 0 Å². The summed E-state index contributed by atoms with van der Waals surface area (Å²) in [5, 5.41) is 17.8. The molecule has 0 radical (unpaired) electrons. The Hall–Kier alpha value is -1.56. The van der Waals surface area contributed by atoms with Gasteiger partial charge in [0.25, 0.3) is 0 Å². The lowest BCUT2D eigenvalue weighted by molar-refractivity contribution is -0.143. The maximum Gasteiger partial charge on any atom is 0.416 e. The number of carboxylic acid groups (broad SMARTS) is 1. The lowest BCUT2D eigenvalue weighted by Gasteiger charge is -2.15. The average Bonchev–Trinajstić information content (AvgIpc) is 2.15. The molecule has 88 valence electrons. The van der Waals surface area contributed by atoms with Crippen LogP contribution in [0.25, 0.3) is 0 Å². The van der Waals surface area contributed by atoms with Gasteiger partial charge in [0.15, 0.2) is 0 Å². The molecule has 3 nitrogen and oxygen atoms in total. The number of rotatable bonds is 3. The Bertz CT molecular complexity index is 387. The monoisotopic (exact) mass is 234 g/mol. The van der Waals surface area contributed by atoms with Crippen LogP contribution in [0.3, 0.4) is 0 Å². The maximum atomic E-state index is 12.5. The number of hydrogen-bond acceptors (Lipinski definition) is 2. The van der Waals surface area contributed by atoms with Crippen LogP contribution in [-0.2, 0) is 11.0 Å². The van der Waals surface area contributed by atoms with Crippen molar-refractivity contribution in [2.45, 2.75) is 18.7 Å². The molecule has 0 saturated heterocycles. The molecule has 0 amide bonds. The van der Waals surface area contributed by atoms with E-state index in [1.165, 1.54) is 12.1 Å². The van der Waals surface area contributed by atoms with E-state index in [0.717, 1.165) is 12.1 Å². The molecular formula is C10H9F3O3. The molecule has 0 bridgehead atoms. The second kappa shape index (κ2) is 4.52. The molecule has 0 heterocycles. The first kappa shape index (κ1) is 12.5. The first-order chi connectivity index (χ1) is 7.32. The highest BCUT2D eigenvalue weighted by atomic mass is 19.4. The van der Waals surface area contributed by atoms with E-state index in [-0.39, 0.29) is 0 Å². The Kier molecular flexibility index (Phi) is 3.54. The summed E-state index contributed by atoms with van der Waals surface area (Å²) in [4.78, 5) is 10.3. The van der Waals surface area contributed by atoms with E-state index in [1.807, 2.05) is 0 Å². The highest BCUT2D eigenvalue weighted by molar-refractivity contribution is 5.67. The third-order valence-corrected chi connectivity index (χ3v) is 1.99. The predicted octanol–water partition coefficient (Wildman–Crippen LogP) is 2.21. The molecule has 0 saturated carbocycles. The Balaban J connectivity index is 3.08. The van der Waals surface area contributed by atoms with Gasteiger partial charge in [0.05, 0.1) is 18.1 Å². The van der Waals surface area contributed by atoms with Gasteiger partial charge in [-0.15, -0.1) is 0 Å². The third kappa shape index (κ3) is 2.96. The number of carboxylic acids is 1. The molecule has 1 atom stereocenters. The van der Waals surface area contributed by atoms with Crippen molar-refractivity contribution in [1.82, 2.24) is 0 Å². The fourth-order valence-corrected chi connectivity index (χ4v) is 1.32. The molecule has 0 aromatic heterocycles. The van der Waals surface area contributed by atoms with Crippen LogP contribution in [-0.4, -0.2) is 16.2 Å². The van der Waals surface area contributed by atoms with Crippen molar-refractivity contribution in [1.29, 1.82) is 0 Å². The van der Waals surface area contributed by atoms with E-state index >= 15 is 0 Å². The van der Waals surface area contributed by atoms with Crippen LogP contribution in [0.15, 0.2) is 24.3 Å². The van der Waals surface area contributed by atoms with Gasteiger partial charge in [0.2, 0.25) is 0 Å². The Morgan fingerprint density at radius 1 is 1.31 bits per heavy atom. The van der Waals surface area contributed by atoms with Gasteiger partial charge in [-0.25, -0.2) is 0 Å². The molecular weight excluding hydrogens is 225 g/mol. The number of benzene rings is 1. The number of alkyl halides is 3. The summed E-state index contributed by atoms with van der Waals surface area (Å²) in [7, 11) is 0. The Morgan fingerprint density at radius 2 is 1.88 bits per heavy atom. The number of aliphatic hydroxyl groups excluding tert-OH is 1. The summed E-state index contributed by atoms with van der Waals surface area (Å²) >= 11 is 0. The van der Waals surface area contributed by atoms with E-state index < -0.39 is 35.8 Å². The lowest BCUT2D eigenvalue weighted by atomic mass is 10.00. The molecule has 2 N–H and O–H groups in total. The second-order valence-corrected chi connectivity index (χ2v) is 3.20. The van der Waals surface area contributed by atoms with Gasteiger partial charge in [-0.2, -0.15) is 13.2 Å². The van der Waals surface area contributed by atoms with Crippen molar-refractivity contribution in [3.8, 4) is 0 Å². The normalized spacial score (nSPS) is 13.5. The molecule has 16 heavy (non-hydrogen) atoms.